The van der Waals surface area contributed by atoms with Crippen LogP contribution >= 0.6 is 0 Å². The first-order valence-corrected chi connectivity index (χ1v) is 11.4. The highest BCUT2D eigenvalue weighted by molar-refractivity contribution is 6.01. The summed E-state index contributed by atoms with van der Waals surface area (Å²) in [5, 5.41) is 18.7. The zero-order valence-corrected chi connectivity index (χ0v) is 18.6. The largest absolute Gasteiger partial charge is 0.496 e. The third-order valence-corrected chi connectivity index (χ3v) is 6.37. The van der Waals surface area contributed by atoms with Crippen molar-refractivity contribution in [1.82, 2.24) is 20.9 Å². The van der Waals surface area contributed by atoms with E-state index in [4.69, 9.17) is 4.74 Å². The van der Waals surface area contributed by atoms with E-state index in [-0.39, 0.29) is 18.2 Å². The molecule has 3 amide bonds. The topological polar surface area (TPSA) is 136 Å². The first-order chi connectivity index (χ1) is 16.0. The van der Waals surface area contributed by atoms with Gasteiger partial charge in [0.2, 0.25) is 11.8 Å². The monoisotopic (exact) mass is 451 g/mol. The van der Waals surface area contributed by atoms with E-state index in [1.165, 1.54) is 0 Å². The second kappa shape index (κ2) is 9.94. The van der Waals surface area contributed by atoms with Crippen LogP contribution in [0.3, 0.4) is 0 Å². The van der Waals surface area contributed by atoms with Gasteiger partial charge in [-0.15, -0.1) is 0 Å². The van der Waals surface area contributed by atoms with E-state index in [0.29, 0.717) is 36.7 Å². The van der Waals surface area contributed by atoms with Crippen LogP contribution in [0.25, 0.3) is 10.9 Å². The van der Waals surface area contributed by atoms with Gasteiger partial charge in [0.05, 0.1) is 13.2 Å². The van der Waals surface area contributed by atoms with Gasteiger partial charge in [-0.1, -0.05) is 18.9 Å². The number of methoxy groups -OCH3 is 1. The van der Waals surface area contributed by atoms with Crippen LogP contribution in [0, 0.1) is 23.2 Å². The van der Waals surface area contributed by atoms with Gasteiger partial charge >= 0.3 is 0 Å². The van der Waals surface area contributed by atoms with Gasteiger partial charge in [-0.3, -0.25) is 14.4 Å². The minimum Gasteiger partial charge on any atom is -0.496 e. The summed E-state index contributed by atoms with van der Waals surface area (Å²) in [5.41, 5.74) is 1.09. The summed E-state index contributed by atoms with van der Waals surface area (Å²) < 4.78 is 5.35. The molecule has 1 aromatic carbocycles. The number of amides is 3. The van der Waals surface area contributed by atoms with Crippen LogP contribution in [0.5, 0.6) is 5.75 Å². The van der Waals surface area contributed by atoms with Crippen LogP contribution in [0.15, 0.2) is 24.3 Å². The van der Waals surface area contributed by atoms with E-state index < -0.39 is 23.9 Å². The Balaban J connectivity index is 1.43. The molecule has 1 aliphatic carbocycles. The molecule has 3 atom stereocenters. The first kappa shape index (κ1) is 22.6. The van der Waals surface area contributed by atoms with Crippen LogP contribution in [-0.2, 0) is 9.59 Å². The number of carbonyl (C=O) groups is 3. The molecular weight excluding hydrogens is 422 g/mol. The van der Waals surface area contributed by atoms with E-state index in [1.54, 1.807) is 13.2 Å². The Hall–Kier alpha value is -3.54. The number of aromatic nitrogens is 1. The third-order valence-electron chi connectivity index (χ3n) is 6.37. The molecule has 2 aromatic rings. The molecule has 2 heterocycles. The lowest BCUT2D eigenvalue weighted by Crippen LogP contribution is -2.50. The van der Waals surface area contributed by atoms with E-state index in [0.717, 1.165) is 30.2 Å². The van der Waals surface area contributed by atoms with Gasteiger partial charge in [0, 0.05) is 23.4 Å². The van der Waals surface area contributed by atoms with Crippen molar-refractivity contribution in [2.75, 3.05) is 13.7 Å². The average Bonchev–Trinajstić information content (AvgIpc) is 3.53. The third kappa shape index (κ3) is 5.45. The molecule has 2 aliphatic rings. The summed E-state index contributed by atoms with van der Waals surface area (Å²) in [6.45, 7) is 0.647. The minimum atomic E-state index is -0.790. The van der Waals surface area contributed by atoms with Crippen LogP contribution in [0.4, 0.5) is 0 Å². The van der Waals surface area contributed by atoms with Crippen LogP contribution in [-0.4, -0.2) is 48.4 Å². The van der Waals surface area contributed by atoms with Crippen molar-refractivity contribution in [1.29, 1.82) is 5.26 Å². The number of hydrogen-bond acceptors (Lipinski definition) is 5. The Morgan fingerprint density at radius 1 is 1.24 bits per heavy atom. The summed E-state index contributed by atoms with van der Waals surface area (Å²) in [6, 6.07) is 7.75. The van der Waals surface area contributed by atoms with Crippen molar-refractivity contribution < 1.29 is 19.1 Å². The van der Waals surface area contributed by atoms with Gasteiger partial charge in [0.15, 0.2) is 0 Å². The predicted molar refractivity (Wildman–Crippen MR) is 121 cm³/mol. The number of fused-ring (bicyclic) bond motifs is 1. The molecule has 1 saturated heterocycles. The summed E-state index contributed by atoms with van der Waals surface area (Å²) in [6.07, 6.45) is 4.38. The van der Waals surface area contributed by atoms with Gasteiger partial charge < -0.3 is 25.7 Å². The Kier molecular flexibility index (Phi) is 6.82. The van der Waals surface area contributed by atoms with Crippen molar-refractivity contribution >= 4 is 28.6 Å². The van der Waals surface area contributed by atoms with Crippen molar-refractivity contribution in [3.8, 4) is 11.8 Å². The molecule has 1 aliphatic heterocycles. The number of benzene rings is 1. The number of nitrogens with one attached hydrogen (secondary N) is 4. The van der Waals surface area contributed by atoms with Crippen LogP contribution in [0.1, 0.15) is 49.0 Å². The molecular formula is C24H29N5O4. The lowest BCUT2D eigenvalue weighted by molar-refractivity contribution is -0.128. The van der Waals surface area contributed by atoms with Crippen molar-refractivity contribution in [2.24, 2.45) is 11.8 Å². The number of nitriles is 1. The maximum Gasteiger partial charge on any atom is 0.268 e. The van der Waals surface area contributed by atoms with Gasteiger partial charge in [-0.25, -0.2) is 0 Å². The molecule has 4 rings (SSSR count). The van der Waals surface area contributed by atoms with Crippen molar-refractivity contribution in [2.45, 2.75) is 50.6 Å². The number of aromatic amines is 1. The number of hydrogen-bond donors (Lipinski definition) is 4. The molecule has 4 N–H and O–H groups in total. The molecule has 9 nitrogen and oxygen atoms in total. The zero-order chi connectivity index (χ0) is 23.4. The lowest BCUT2D eigenvalue weighted by Gasteiger charge is -2.25. The highest BCUT2D eigenvalue weighted by atomic mass is 16.5. The van der Waals surface area contributed by atoms with Gasteiger partial charge in [0.25, 0.3) is 5.91 Å². The van der Waals surface area contributed by atoms with Gasteiger partial charge in [-0.2, -0.15) is 5.26 Å². The predicted octanol–water partition coefficient (Wildman–Crippen LogP) is 2.00. The van der Waals surface area contributed by atoms with E-state index >= 15 is 0 Å². The van der Waals surface area contributed by atoms with Gasteiger partial charge in [0.1, 0.15) is 23.5 Å². The fourth-order valence-corrected chi connectivity index (χ4v) is 4.34. The second-order valence-electron chi connectivity index (χ2n) is 8.87. The fraction of sp³-hybridized carbons (Fsp3) is 0.500. The average molecular weight is 452 g/mol. The summed E-state index contributed by atoms with van der Waals surface area (Å²) in [5.74, 6) is -0.123. The number of carbonyl (C=O) groups excluding carboxylic acids is 3. The van der Waals surface area contributed by atoms with E-state index in [1.807, 2.05) is 18.2 Å². The highest BCUT2D eigenvalue weighted by Gasteiger charge is 2.33. The van der Waals surface area contributed by atoms with Crippen molar-refractivity contribution in [3.63, 3.8) is 0 Å². The van der Waals surface area contributed by atoms with E-state index in [9.17, 15) is 19.6 Å². The number of nitrogens with zero attached hydrogens (tertiary/aromatic N) is 1. The Labute approximate surface area is 192 Å². The van der Waals surface area contributed by atoms with Crippen molar-refractivity contribution in [3.05, 3.63) is 30.0 Å². The molecule has 33 heavy (non-hydrogen) atoms. The molecule has 0 radical (unpaired) electrons. The first-order valence-electron chi connectivity index (χ1n) is 11.4. The second-order valence-corrected chi connectivity index (χ2v) is 8.87. The lowest BCUT2D eigenvalue weighted by atomic mass is 9.92. The maximum absolute atomic E-state index is 13.0. The molecule has 0 bridgehead atoms. The Morgan fingerprint density at radius 3 is 2.76 bits per heavy atom. The number of piperidine rings is 1. The molecule has 2 fully saturated rings. The normalized spacial score (nSPS) is 19.8. The summed E-state index contributed by atoms with van der Waals surface area (Å²) >= 11 is 0. The molecule has 174 valence electrons. The quantitative estimate of drug-likeness (QED) is 0.462. The van der Waals surface area contributed by atoms with Crippen LogP contribution in [0.2, 0.25) is 0 Å². The van der Waals surface area contributed by atoms with E-state index in [2.05, 4.69) is 27.0 Å². The summed E-state index contributed by atoms with van der Waals surface area (Å²) in [7, 11) is 1.57. The SMILES string of the molecule is COc1cccc2[nH]c(C(=O)N[C@H](CC3CC3)C(=O)N[C@@H](C#N)C[C@@H]3CCCNC3=O)cc12. The summed E-state index contributed by atoms with van der Waals surface area (Å²) in [4.78, 5) is 41.1. The molecule has 1 saturated carbocycles. The molecule has 0 unspecified atom stereocenters. The maximum atomic E-state index is 13.0. The Bertz CT molecular complexity index is 1080. The molecule has 0 spiro atoms. The molecule has 1 aromatic heterocycles. The smallest absolute Gasteiger partial charge is 0.268 e. The zero-order valence-electron chi connectivity index (χ0n) is 18.6. The standard InChI is InChI=1S/C24H29N5O4/c1-33-21-6-2-5-18-17(21)12-20(28-18)24(32)29-19(10-14-7-8-14)23(31)27-16(13-25)11-15-4-3-9-26-22(15)30/h2,5-6,12,14-16,19,28H,3-4,7-11H2,1H3,(H,26,30)(H,27,31)(H,29,32)/t15-,16+,19+/m0/s1. The van der Waals surface area contributed by atoms with Crippen LogP contribution < -0.4 is 20.7 Å². The number of rotatable bonds is 9. The van der Waals surface area contributed by atoms with Gasteiger partial charge in [-0.05, 0) is 49.8 Å². The number of ether oxygens (including phenoxy) is 1. The Morgan fingerprint density at radius 2 is 2.06 bits per heavy atom. The highest BCUT2D eigenvalue weighted by Crippen LogP contribution is 2.34. The number of H-pyrrole nitrogens is 1. The molecule has 9 heteroatoms. The fourth-order valence-electron chi connectivity index (χ4n) is 4.34. The minimum absolute atomic E-state index is 0.0761.